The van der Waals surface area contributed by atoms with Crippen LogP contribution in [0.25, 0.3) is 0 Å². The Morgan fingerprint density at radius 3 is 2.81 bits per heavy atom. The lowest BCUT2D eigenvalue weighted by atomic mass is 9.91. The van der Waals surface area contributed by atoms with E-state index in [1.807, 2.05) is 12.1 Å². The van der Waals surface area contributed by atoms with Gasteiger partial charge in [-0.25, -0.2) is 0 Å². The van der Waals surface area contributed by atoms with Crippen LogP contribution in [-0.2, 0) is 16.0 Å². The van der Waals surface area contributed by atoms with Crippen LogP contribution in [0.5, 0.6) is 5.75 Å². The topological polar surface area (TPSA) is 92.6 Å². The summed E-state index contributed by atoms with van der Waals surface area (Å²) in [5.41, 5.74) is 0.709. The second-order valence-electron chi connectivity index (χ2n) is 6.33. The number of rotatable bonds is 6. The molecule has 1 fully saturated rings. The van der Waals surface area contributed by atoms with Crippen molar-refractivity contribution in [2.24, 2.45) is 5.92 Å². The number of hydrogen-bond donors (Lipinski definition) is 1. The Bertz CT molecular complexity index is 739. The molecule has 7 heteroatoms. The Hall–Kier alpha value is -2.96. The predicted octanol–water partition coefficient (Wildman–Crippen LogP) is 1.79. The molecule has 3 rings (SSSR count). The SMILES string of the molecule is O=C(O)C[C@@H]1CN(C(=O)Cc2ccccn2)CC[C@H]1Oc1cccnc1. The zero-order chi connectivity index (χ0) is 18.4. The van der Waals surface area contributed by atoms with Crippen LogP contribution in [0.2, 0.25) is 0 Å². The molecule has 0 radical (unpaired) electrons. The zero-order valence-corrected chi connectivity index (χ0v) is 14.3. The van der Waals surface area contributed by atoms with Gasteiger partial charge in [-0.3, -0.25) is 19.6 Å². The minimum absolute atomic E-state index is 0.0427. The number of ether oxygens (including phenoxy) is 1. The number of carboxylic acids is 1. The molecule has 0 aliphatic carbocycles. The molecule has 3 heterocycles. The number of nitrogens with zero attached hydrogens (tertiary/aromatic N) is 3. The average molecular weight is 355 g/mol. The smallest absolute Gasteiger partial charge is 0.303 e. The highest BCUT2D eigenvalue weighted by Gasteiger charge is 2.34. The van der Waals surface area contributed by atoms with E-state index >= 15 is 0 Å². The number of likely N-dealkylation sites (tertiary alicyclic amines) is 1. The highest BCUT2D eigenvalue weighted by atomic mass is 16.5. The number of carbonyl (C=O) groups excluding carboxylic acids is 1. The fourth-order valence-corrected chi connectivity index (χ4v) is 3.17. The van der Waals surface area contributed by atoms with Crippen molar-refractivity contribution in [3.05, 3.63) is 54.6 Å². The highest BCUT2D eigenvalue weighted by Crippen LogP contribution is 2.25. The second-order valence-corrected chi connectivity index (χ2v) is 6.33. The summed E-state index contributed by atoms with van der Waals surface area (Å²) in [6, 6.07) is 9.02. The molecule has 1 saturated heterocycles. The molecule has 0 saturated carbocycles. The number of carbonyl (C=O) groups is 2. The predicted molar refractivity (Wildman–Crippen MR) is 93.5 cm³/mol. The number of amides is 1. The molecule has 0 unspecified atom stereocenters. The summed E-state index contributed by atoms with van der Waals surface area (Å²) in [5.74, 6) is -0.594. The van der Waals surface area contributed by atoms with Gasteiger partial charge in [-0.15, -0.1) is 0 Å². The Balaban J connectivity index is 1.65. The van der Waals surface area contributed by atoms with Crippen LogP contribution in [-0.4, -0.2) is 51.0 Å². The largest absolute Gasteiger partial charge is 0.488 e. The molecule has 0 bridgehead atoms. The molecule has 7 nitrogen and oxygen atoms in total. The summed E-state index contributed by atoms with van der Waals surface area (Å²) >= 11 is 0. The Morgan fingerprint density at radius 1 is 1.23 bits per heavy atom. The summed E-state index contributed by atoms with van der Waals surface area (Å²) in [6.07, 6.45) is 5.42. The van der Waals surface area contributed by atoms with E-state index in [1.54, 1.807) is 41.7 Å². The molecular weight excluding hydrogens is 334 g/mol. The monoisotopic (exact) mass is 355 g/mol. The van der Waals surface area contributed by atoms with Crippen molar-refractivity contribution >= 4 is 11.9 Å². The van der Waals surface area contributed by atoms with Gasteiger partial charge in [0.2, 0.25) is 5.91 Å². The van der Waals surface area contributed by atoms with Crippen LogP contribution in [0.15, 0.2) is 48.9 Å². The summed E-state index contributed by atoms with van der Waals surface area (Å²) in [5, 5.41) is 9.23. The minimum Gasteiger partial charge on any atom is -0.488 e. The Kier molecular flexibility index (Phi) is 5.78. The van der Waals surface area contributed by atoms with Gasteiger partial charge in [0.25, 0.3) is 0 Å². The summed E-state index contributed by atoms with van der Waals surface area (Å²) in [4.78, 5) is 33.7. The number of hydrogen-bond acceptors (Lipinski definition) is 5. The number of aliphatic carboxylic acids is 1. The Labute approximate surface area is 151 Å². The van der Waals surface area contributed by atoms with Gasteiger partial charge < -0.3 is 14.7 Å². The van der Waals surface area contributed by atoms with Crippen LogP contribution in [0.4, 0.5) is 0 Å². The summed E-state index contributed by atoms with van der Waals surface area (Å²) in [7, 11) is 0. The standard InChI is InChI=1S/C19H21N3O4/c23-18(11-15-4-1-2-8-21-15)22-9-6-17(14(13-22)10-19(24)25)26-16-5-3-7-20-12-16/h1-5,7-8,12,14,17H,6,9-11,13H2,(H,24,25)/t14-,17-/m1/s1. The Morgan fingerprint density at radius 2 is 2.12 bits per heavy atom. The van der Waals surface area contributed by atoms with E-state index in [0.29, 0.717) is 31.0 Å². The van der Waals surface area contributed by atoms with E-state index < -0.39 is 5.97 Å². The van der Waals surface area contributed by atoms with Crippen LogP contribution in [0, 0.1) is 5.92 Å². The van der Waals surface area contributed by atoms with Gasteiger partial charge in [-0.05, 0) is 24.3 Å². The normalized spacial score (nSPS) is 19.8. The van der Waals surface area contributed by atoms with E-state index in [9.17, 15) is 14.7 Å². The molecular formula is C19H21N3O4. The minimum atomic E-state index is -0.895. The zero-order valence-electron chi connectivity index (χ0n) is 14.3. The number of carboxylic acid groups (broad SMARTS) is 1. The van der Waals surface area contributed by atoms with Crippen molar-refractivity contribution in [2.75, 3.05) is 13.1 Å². The lowest BCUT2D eigenvalue weighted by Gasteiger charge is -2.38. The molecule has 0 spiro atoms. The van der Waals surface area contributed by atoms with Gasteiger partial charge in [0.15, 0.2) is 0 Å². The molecule has 1 aliphatic rings. The van der Waals surface area contributed by atoms with Crippen LogP contribution in [0.1, 0.15) is 18.5 Å². The summed E-state index contributed by atoms with van der Waals surface area (Å²) < 4.78 is 5.94. The number of piperidine rings is 1. The van der Waals surface area contributed by atoms with Crippen molar-refractivity contribution in [3.8, 4) is 5.75 Å². The van der Waals surface area contributed by atoms with E-state index in [0.717, 1.165) is 0 Å². The van der Waals surface area contributed by atoms with Gasteiger partial charge >= 0.3 is 5.97 Å². The third-order valence-corrected chi connectivity index (χ3v) is 4.43. The molecule has 1 aliphatic heterocycles. The van der Waals surface area contributed by atoms with Crippen molar-refractivity contribution in [1.82, 2.24) is 14.9 Å². The first-order chi connectivity index (χ1) is 12.6. The quantitative estimate of drug-likeness (QED) is 0.849. The van der Waals surface area contributed by atoms with E-state index in [1.165, 1.54) is 0 Å². The average Bonchev–Trinajstić information content (AvgIpc) is 2.64. The van der Waals surface area contributed by atoms with Gasteiger partial charge in [0, 0.05) is 43.5 Å². The third kappa shape index (κ3) is 4.78. The van der Waals surface area contributed by atoms with Crippen LogP contribution < -0.4 is 4.74 Å². The second kappa shape index (κ2) is 8.42. The van der Waals surface area contributed by atoms with Gasteiger partial charge in [-0.1, -0.05) is 6.07 Å². The van der Waals surface area contributed by atoms with Gasteiger partial charge in [0.1, 0.15) is 11.9 Å². The lowest BCUT2D eigenvalue weighted by Crippen LogP contribution is -2.49. The fraction of sp³-hybridized carbons (Fsp3) is 0.368. The summed E-state index contributed by atoms with van der Waals surface area (Å²) in [6.45, 7) is 0.898. The molecule has 1 N–H and O–H groups in total. The van der Waals surface area contributed by atoms with Crippen molar-refractivity contribution in [1.29, 1.82) is 0 Å². The maximum absolute atomic E-state index is 12.6. The molecule has 26 heavy (non-hydrogen) atoms. The van der Waals surface area contributed by atoms with E-state index in [-0.39, 0.29) is 30.8 Å². The number of pyridine rings is 2. The molecule has 2 aromatic rings. The first-order valence-corrected chi connectivity index (χ1v) is 8.58. The van der Waals surface area contributed by atoms with E-state index in [2.05, 4.69) is 9.97 Å². The number of aromatic nitrogens is 2. The van der Waals surface area contributed by atoms with Crippen molar-refractivity contribution in [2.45, 2.75) is 25.4 Å². The van der Waals surface area contributed by atoms with Crippen LogP contribution >= 0.6 is 0 Å². The molecule has 2 atom stereocenters. The van der Waals surface area contributed by atoms with Crippen LogP contribution in [0.3, 0.4) is 0 Å². The van der Waals surface area contributed by atoms with Gasteiger partial charge in [0.05, 0.1) is 19.0 Å². The van der Waals surface area contributed by atoms with Crippen molar-refractivity contribution in [3.63, 3.8) is 0 Å². The first-order valence-electron chi connectivity index (χ1n) is 8.58. The molecule has 1 amide bonds. The lowest BCUT2D eigenvalue weighted by molar-refractivity contribution is -0.142. The molecule has 0 aromatic carbocycles. The van der Waals surface area contributed by atoms with Crippen molar-refractivity contribution < 1.29 is 19.4 Å². The highest BCUT2D eigenvalue weighted by molar-refractivity contribution is 5.78. The first kappa shape index (κ1) is 17.8. The third-order valence-electron chi connectivity index (χ3n) is 4.43. The molecule has 2 aromatic heterocycles. The maximum Gasteiger partial charge on any atom is 0.303 e. The van der Waals surface area contributed by atoms with E-state index in [4.69, 9.17) is 4.74 Å². The van der Waals surface area contributed by atoms with Gasteiger partial charge in [-0.2, -0.15) is 0 Å². The molecule has 136 valence electrons. The maximum atomic E-state index is 12.6. The fourth-order valence-electron chi connectivity index (χ4n) is 3.17.